The Kier molecular flexibility index (Phi) is 4.65. The number of aromatic nitrogens is 2. The number of quaternary nitrogens is 2. The molecule has 1 atom stereocenters. The van der Waals surface area contributed by atoms with Crippen LogP contribution in [0, 0.1) is 0 Å². The van der Waals surface area contributed by atoms with Crippen LogP contribution in [0.1, 0.15) is 23.7 Å². The van der Waals surface area contributed by atoms with Crippen molar-refractivity contribution >= 4 is 22.2 Å². The number of nitrogens with zero attached hydrogens (tertiary/aromatic N) is 1. The van der Waals surface area contributed by atoms with Crippen molar-refractivity contribution in [1.29, 1.82) is 0 Å². The van der Waals surface area contributed by atoms with Crippen molar-refractivity contribution in [2.75, 3.05) is 26.2 Å². The van der Waals surface area contributed by atoms with Gasteiger partial charge in [0.05, 0.1) is 15.8 Å². The summed E-state index contributed by atoms with van der Waals surface area (Å²) in [6.45, 7) is 7.85. The van der Waals surface area contributed by atoms with Gasteiger partial charge >= 0.3 is 0 Å². The van der Waals surface area contributed by atoms with E-state index in [2.05, 4.69) is 29.4 Å². The molecule has 0 amide bonds. The van der Waals surface area contributed by atoms with Crippen molar-refractivity contribution in [2.45, 2.75) is 19.5 Å². The van der Waals surface area contributed by atoms with Crippen LogP contribution in [0.15, 0.2) is 46.6 Å². The maximum Gasteiger partial charge on any atom is 0.258 e. The maximum absolute atomic E-state index is 12.3. The minimum atomic E-state index is -0.0335. The third-order valence-corrected chi connectivity index (χ3v) is 6.13. The zero-order valence-electron chi connectivity index (χ0n) is 14.4. The molecule has 1 aliphatic heterocycles. The fourth-order valence-corrected chi connectivity index (χ4v) is 4.47. The molecule has 0 aliphatic carbocycles. The number of H-pyrrole nitrogens is 1. The topological polar surface area (TPSA) is 54.6 Å². The van der Waals surface area contributed by atoms with Crippen LogP contribution < -0.4 is 15.4 Å². The largest absolute Gasteiger partial charge is 0.321 e. The second-order valence-electron chi connectivity index (χ2n) is 6.85. The van der Waals surface area contributed by atoms with E-state index in [1.807, 2.05) is 35.6 Å². The summed E-state index contributed by atoms with van der Waals surface area (Å²) in [6, 6.07) is 12.1. The smallest absolute Gasteiger partial charge is 0.258 e. The molecule has 0 spiro atoms. The van der Waals surface area contributed by atoms with Crippen molar-refractivity contribution < 1.29 is 9.80 Å². The number of piperazine rings is 1. The van der Waals surface area contributed by atoms with Gasteiger partial charge in [-0.2, -0.15) is 0 Å². The molecule has 0 bridgehead atoms. The molecule has 3 heterocycles. The Balaban J connectivity index is 1.45. The number of hydrogen-bond donors (Lipinski definition) is 3. The van der Waals surface area contributed by atoms with E-state index in [1.54, 1.807) is 4.90 Å². The fraction of sp³-hybridized carbons (Fsp3) is 0.368. The highest BCUT2D eigenvalue weighted by atomic mass is 32.1. The van der Waals surface area contributed by atoms with Crippen LogP contribution in [0.3, 0.4) is 0 Å². The highest BCUT2D eigenvalue weighted by Gasteiger charge is 2.29. The van der Waals surface area contributed by atoms with Gasteiger partial charge in [-0.05, 0) is 30.5 Å². The highest BCUT2D eigenvalue weighted by Crippen LogP contribution is 2.09. The summed E-state index contributed by atoms with van der Waals surface area (Å²) >= 11 is 1.85. The fourth-order valence-electron chi connectivity index (χ4n) is 3.70. The number of benzene rings is 1. The summed E-state index contributed by atoms with van der Waals surface area (Å²) in [4.78, 5) is 24.6. The summed E-state index contributed by atoms with van der Waals surface area (Å²) in [6.07, 6.45) is 0. The standard InChI is InChI=1S/C19H22N4OS/c1-14(18-20-17-7-3-2-6-16(17)19(24)21-18)23-10-8-22(9-11-23)13-15-5-4-12-25-15/h2-7,12,14H,8-11,13H2,1H3,(H,20,21,24)/p+2/t14-/m1/s1. The van der Waals surface area contributed by atoms with Crippen molar-refractivity contribution in [3.8, 4) is 0 Å². The predicted molar refractivity (Wildman–Crippen MR) is 100 cm³/mol. The molecule has 1 aliphatic rings. The predicted octanol–water partition coefficient (Wildman–Crippen LogP) is 0.0292. The molecule has 6 heteroatoms. The van der Waals surface area contributed by atoms with Crippen LogP contribution in [-0.4, -0.2) is 36.1 Å². The molecule has 0 unspecified atom stereocenters. The molecule has 0 saturated carbocycles. The van der Waals surface area contributed by atoms with Gasteiger partial charge in [-0.25, -0.2) is 4.98 Å². The van der Waals surface area contributed by atoms with E-state index in [0.717, 1.165) is 44.1 Å². The molecule has 1 saturated heterocycles. The van der Waals surface area contributed by atoms with E-state index in [-0.39, 0.29) is 11.6 Å². The second-order valence-corrected chi connectivity index (χ2v) is 7.89. The van der Waals surface area contributed by atoms with Crippen LogP contribution in [-0.2, 0) is 6.54 Å². The lowest BCUT2D eigenvalue weighted by molar-refractivity contribution is -1.03. The van der Waals surface area contributed by atoms with Gasteiger partial charge in [-0.3, -0.25) is 4.79 Å². The minimum Gasteiger partial charge on any atom is -0.321 e. The first kappa shape index (κ1) is 16.4. The van der Waals surface area contributed by atoms with Gasteiger partial charge in [-0.15, -0.1) is 11.3 Å². The monoisotopic (exact) mass is 356 g/mol. The van der Waals surface area contributed by atoms with Crippen LogP contribution in [0.2, 0.25) is 0 Å². The molecule has 2 aromatic heterocycles. The SMILES string of the molecule is C[C@H](c1nc2ccccc2c(=O)[nH]1)[NH+]1CC[NH+](Cc2cccs2)CC1. The van der Waals surface area contributed by atoms with Crippen LogP contribution in [0.25, 0.3) is 10.9 Å². The van der Waals surface area contributed by atoms with Gasteiger partial charge in [0.2, 0.25) is 0 Å². The number of aromatic amines is 1. The van der Waals surface area contributed by atoms with Crippen molar-refractivity contribution in [3.05, 3.63) is 62.8 Å². The normalized spacial score (nSPS) is 22.1. The summed E-state index contributed by atoms with van der Waals surface area (Å²) in [5, 5.41) is 2.82. The average Bonchev–Trinajstić information content (AvgIpc) is 3.15. The van der Waals surface area contributed by atoms with Gasteiger partial charge in [0.15, 0.2) is 5.82 Å². The molecular weight excluding hydrogens is 332 g/mol. The first-order valence-electron chi connectivity index (χ1n) is 8.90. The van der Waals surface area contributed by atoms with E-state index in [4.69, 9.17) is 4.98 Å². The highest BCUT2D eigenvalue weighted by molar-refractivity contribution is 7.09. The third-order valence-electron chi connectivity index (χ3n) is 5.26. The van der Waals surface area contributed by atoms with Crippen molar-refractivity contribution in [1.82, 2.24) is 9.97 Å². The summed E-state index contributed by atoms with van der Waals surface area (Å²) in [7, 11) is 0. The Hall–Kier alpha value is -2.02. The Morgan fingerprint density at radius 3 is 2.72 bits per heavy atom. The van der Waals surface area contributed by atoms with E-state index < -0.39 is 0 Å². The Bertz CT molecular complexity index is 897. The molecule has 4 rings (SSSR count). The Morgan fingerprint density at radius 1 is 1.16 bits per heavy atom. The lowest BCUT2D eigenvalue weighted by Gasteiger charge is -2.32. The zero-order valence-corrected chi connectivity index (χ0v) is 15.2. The minimum absolute atomic E-state index is 0.0335. The molecule has 3 N–H and O–H groups in total. The molecule has 0 radical (unpaired) electrons. The number of rotatable bonds is 4. The van der Waals surface area contributed by atoms with Gasteiger partial charge in [0, 0.05) is 0 Å². The van der Waals surface area contributed by atoms with Gasteiger partial charge in [0.1, 0.15) is 38.8 Å². The third kappa shape index (κ3) is 3.51. The van der Waals surface area contributed by atoms with E-state index in [9.17, 15) is 4.79 Å². The van der Waals surface area contributed by atoms with Gasteiger partial charge < -0.3 is 14.8 Å². The van der Waals surface area contributed by atoms with Crippen molar-refractivity contribution in [2.24, 2.45) is 0 Å². The van der Waals surface area contributed by atoms with E-state index in [1.165, 1.54) is 9.78 Å². The molecule has 1 aromatic carbocycles. The molecule has 3 aromatic rings. The molecule has 25 heavy (non-hydrogen) atoms. The maximum atomic E-state index is 12.3. The second kappa shape index (κ2) is 7.07. The van der Waals surface area contributed by atoms with Crippen LogP contribution >= 0.6 is 11.3 Å². The number of nitrogens with one attached hydrogen (secondary N) is 3. The average molecular weight is 356 g/mol. The first-order chi connectivity index (χ1) is 12.2. The number of fused-ring (bicyclic) bond motifs is 1. The Morgan fingerprint density at radius 2 is 1.96 bits per heavy atom. The lowest BCUT2D eigenvalue weighted by Crippen LogP contribution is -3.27. The van der Waals surface area contributed by atoms with Gasteiger partial charge in [0.25, 0.3) is 5.56 Å². The van der Waals surface area contributed by atoms with E-state index >= 15 is 0 Å². The van der Waals surface area contributed by atoms with E-state index in [0.29, 0.717) is 5.39 Å². The summed E-state index contributed by atoms with van der Waals surface area (Å²) in [5.41, 5.74) is 0.753. The molecule has 130 valence electrons. The van der Waals surface area contributed by atoms with Crippen LogP contribution in [0.5, 0.6) is 0 Å². The number of hydrogen-bond acceptors (Lipinski definition) is 3. The van der Waals surface area contributed by atoms with Crippen molar-refractivity contribution in [3.63, 3.8) is 0 Å². The van der Waals surface area contributed by atoms with Gasteiger partial charge in [-0.1, -0.05) is 18.2 Å². The number of thiophene rings is 1. The molecule has 5 nitrogen and oxygen atoms in total. The lowest BCUT2D eigenvalue weighted by atomic mass is 10.2. The summed E-state index contributed by atoms with van der Waals surface area (Å²) in [5.74, 6) is 0.806. The Labute approximate surface area is 150 Å². The molecular formula is C19H24N4OS+2. The quantitative estimate of drug-likeness (QED) is 0.618. The molecule has 1 fully saturated rings. The van der Waals surface area contributed by atoms with Crippen LogP contribution in [0.4, 0.5) is 0 Å². The summed E-state index contributed by atoms with van der Waals surface area (Å²) < 4.78 is 0. The first-order valence-corrected chi connectivity index (χ1v) is 9.78. The zero-order chi connectivity index (χ0) is 17.2. The number of para-hydroxylation sites is 1.